The minimum Gasteiger partial charge on any atom is -0.454 e. The molecule has 1 N–H and O–H groups in total. The van der Waals surface area contributed by atoms with Crippen LogP contribution < -0.4 is 14.8 Å². The Labute approximate surface area is 142 Å². The van der Waals surface area contributed by atoms with E-state index in [9.17, 15) is 4.79 Å². The highest BCUT2D eigenvalue weighted by atomic mass is 16.7. The number of carbonyl (C=O) groups excluding carboxylic acids is 1. The van der Waals surface area contributed by atoms with Crippen molar-refractivity contribution >= 4 is 17.7 Å². The van der Waals surface area contributed by atoms with E-state index < -0.39 is 0 Å². The second-order valence-corrected chi connectivity index (χ2v) is 6.06. The Kier molecular flexibility index (Phi) is 4.85. The van der Waals surface area contributed by atoms with Crippen LogP contribution in [0, 0.1) is 5.92 Å². The monoisotopic (exact) mass is 323 g/mol. The molecular weight excluding hydrogens is 302 g/mol. The van der Waals surface area contributed by atoms with Gasteiger partial charge in [0, 0.05) is 11.6 Å². The Balaban J connectivity index is 1.57. The van der Waals surface area contributed by atoms with Crippen molar-refractivity contribution < 1.29 is 14.3 Å². The lowest BCUT2D eigenvalue weighted by molar-refractivity contribution is -0.118. The molecule has 3 rings (SSSR count). The molecule has 2 aromatic carbocycles. The first-order valence-corrected chi connectivity index (χ1v) is 8.08. The van der Waals surface area contributed by atoms with Gasteiger partial charge in [0.25, 0.3) is 0 Å². The molecule has 0 unspecified atom stereocenters. The zero-order valence-corrected chi connectivity index (χ0v) is 13.9. The van der Waals surface area contributed by atoms with Gasteiger partial charge in [-0.05, 0) is 41.8 Å². The van der Waals surface area contributed by atoms with E-state index in [2.05, 4.69) is 17.5 Å². The van der Waals surface area contributed by atoms with Crippen molar-refractivity contribution in [2.45, 2.75) is 20.3 Å². The molecule has 0 aromatic heterocycles. The van der Waals surface area contributed by atoms with Gasteiger partial charge in [-0.1, -0.05) is 44.2 Å². The molecule has 0 saturated heterocycles. The van der Waals surface area contributed by atoms with Crippen molar-refractivity contribution in [3.05, 3.63) is 59.7 Å². The predicted octanol–water partition coefficient (Wildman–Crippen LogP) is 4.27. The average molecular weight is 323 g/mol. The van der Waals surface area contributed by atoms with Gasteiger partial charge in [0.05, 0.1) is 0 Å². The summed E-state index contributed by atoms with van der Waals surface area (Å²) in [7, 11) is 0. The molecule has 0 saturated carbocycles. The van der Waals surface area contributed by atoms with E-state index in [0.29, 0.717) is 6.79 Å². The van der Waals surface area contributed by atoms with Gasteiger partial charge in [0.15, 0.2) is 11.5 Å². The zero-order valence-electron chi connectivity index (χ0n) is 13.9. The molecule has 1 amide bonds. The number of hydrogen-bond acceptors (Lipinski definition) is 3. The molecule has 1 heterocycles. The largest absolute Gasteiger partial charge is 0.454 e. The summed E-state index contributed by atoms with van der Waals surface area (Å²) in [6.07, 6.45) is 5.00. The molecule has 4 heteroatoms. The Hall–Kier alpha value is -2.75. The molecule has 1 aliphatic heterocycles. The first kappa shape index (κ1) is 16.1. The summed E-state index contributed by atoms with van der Waals surface area (Å²) in [6.45, 7) is 4.05. The van der Waals surface area contributed by atoms with Crippen molar-refractivity contribution in [2.75, 3.05) is 12.1 Å². The molecule has 24 heavy (non-hydrogen) atoms. The van der Waals surface area contributed by atoms with Crippen molar-refractivity contribution in [1.29, 1.82) is 0 Å². The summed E-state index contributed by atoms with van der Waals surface area (Å²) < 4.78 is 10.7. The molecular formula is C20H21NO3. The summed E-state index contributed by atoms with van der Waals surface area (Å²) >= 11 is 0. The lowest BCUT2D eigenvalue weighted by Crippen LogP contribution is -2.17. The maximum atomic E-state index is 11.7. The first-order chi connectivity index (χ1) is 11.6. The van der Waals surface area contributed by atoms with E-state index in [1.165, 1.54) is 5.56 Å². The van der Waals surface area contributed by atoms with Gasteiger partial charge < -0.3 is 14.8 Å². The van der Waals surface area contributed by atoms with Crippen LogP contribution in [0.5, 0.6) is 11.5 Å². The van der Waals surface area contributed by atoms with Gasteiger partial charge in [-0.15, -0.1) is 0 Å². The molecule has 0 spiro atoms. The normalized spacial score (nSPS) is 12.8. The summed E-state index contributed by atoms with van der Waals surface area (Å²) in [5, 5.41) is 2.89. The number of nitrogens with one attached hydrogen (secondary N) is 1. The molecule has 1 aliphatic rings. The van der Waals surface area contributed by atoms with E-state index in [-0.39, 0.29) is 11.8 Å². The van der Waals surface area contributed by atoms with E-state index in [1.54, 1.807) is 0 Å². The Bertz CT molecular complexity index is 748. The van der Waals surface area contributed by atoms with Crippen LogP contribution in [0.4, 0.5) is 5.69 Å². The molecule has 4 nitrogen and oxygen atoms in total. The smallest absolute Gasteiger partial charge is 0.231 e. The lowest BCUT2D eigenvalue weighted by atomic mass is 10.1. The van der Waals surface area contributed by atoms with Crippen LogP contribution in [0.1, 0.15) is 25.0 Å². The van der Waals surface area contributed by atoms with E-state index >= 15 is 0 Å². The van der Waals surface area contributed by atoms with Crippen molar-refractivity contribution in [1.82, 2.24) is 0 Å². The van der Waals surface area contributed by atoms with Crippen molar-refractivity contribution in [3.8, 4) is 11.5 Å². The number of rotatable bonds is 5. The van der Waals surface area contributed by atoms with E-state index in [4.69, 9.17) is 9.47 Å². The van der Waals surface area contributed by atoms with Crippen LogP contribution in [-0.4, -0.2) is 12.7 Å². The van der Waals surface area contributed by atoms with Crippen LogP contribution in [0.2, 0.25) is 0 Å². The number of ether oxygens (including phenoxy) is 2. The third kappa shape index (κ3) is 3.96. The summed E-state index contributed by atoms with van der Waals surface area (Å²) in [5.41, 5.74) is 3.10. The number of allylic oxidation sites excluding steroid dienone is 1. The van der Waals surface area contributed by atoms with Crippen LogP contribution in [0.25, 0.3) is 6.08 Å². The number of anilines is 1. The molecule has 2 aromatic rings. The molecule has 0 fully saturated rings. The quantitative estimate of drug-likeness (QED) is 0.894. The van der Waals surface area contributed by atoms with E-state index in [0.717, 1.165) is 29.2 Å². The number of benzene rings is 2. The Morgan fingerprint density at radius 3 is 2.62 bits per heavy atom. The third-order valence-corrected chi connectivity index (χ3v) is 3.81. The molecule has 0 bridgehead atoms. The fraction of sp³-hybridized carbons (Fsp3) is 0.250. The minimum atomic E-state index is -0.0192. The Morgan fingerprint density at radius 2 is 1.88 bits per heavy atom. The van der Waals surface area contributed by atoms with Crippen LogP contribution in [-0.2, 0) is 11.2 Å². The molecule has 0 aliphatic carbocycles. The van der Waals surface area contributed by atoms with Crippen LogP contribution >= 0.6 is 0 Å². The molecule has 0 radical (unpaired) electrons. The summed E-state index contributed by atoms with van der Waals surface area (Å²) in [6, 6.07) is 13.8. The van der Waals surface area contributed by atoms with Crippen LogP contribution in [0.3, 0.4) is 0 Å². The predicted molar refractivity (Wildman–Crippen MR) is 95.2 cm³/mol. The zero-order chi connectivity index (χ0) is 16.9. The maximum absolute atomic E-state index is 11.7. The molecule has 0 atom stereocenters. The maximum Gasteiger partial charge on any atom is 0.231 e. The number of amides is 1. The highest BCUT2D eigenvalue weighted by Crippen LogP contribution is 2.32. The van der Waals surface area contributed by atoms with Gasteiger partial charge in [-0.2, -0.15) is 0 Å². The Morgan fingerprint density at radius 1 is 1.12 bits per heavy atom. The van der Waals surface area contributed by atoms with Crippen LogP contribution in [0.15, 0.2) is 48.5 Å². The topological polar surface area (TPSA) is 47.6 Å². The number of hydrogen-bond donors (Lipinski definition) is 1. The number of carbonyl (C=O) groups is 1. The standard InChI is InChI=1S/C20H21NO3/c1-14(2)20(22)21-17-9-6-15(7-10-17)4-3-5-16-8-11-18-19(12-16)24-13-23-18/h3,5-12,14H,4,13H2,1-2H3,(H,21,22)/b5-3+. The summed E-state index contributed by atoms with van der Waals surface area (Å²) in [4.78, 5) is 11.7. The number of fused-ring (bicyclic) bond motifs is 1. The highest BCUT2D eigenvalue weighted by molar-refractivity contribution is 5.92. The van der Waals surface area contributed by atoms with Gasteiger partial charge in [-0.25, -0.2) is 0 Å². The van der Waals surface area contributed by atoms with E-state index in [1.807, 2.05) is 56.3 Å². The summed E-state index contributed by atoms with van der Waals surface area (Å²) in [5.74, 6) is 1.60. The van der Waals surface area contributed by atoms with Crippen molar-refractivity contribution in [2.24, 2.45) is 5.92 Å². The minimum absolute atomic E-state index is 0.0192. The fourth-order valence-electron chi connectivity index (χ4n) is 2.36. The van der Waals surface area contributed by atoms with Crippen molar-refractivity contribution in [3.63, 3.8) is 0 Å². The molecule has 124 valence electrons. The lowest BCUT2D eigenvalue weighted by Gasteiger charge is -2.08. The van der Waals surface area contributed by atoms with Gasteiger partial charge >= 0.3 is 0 Å². The van der Waals surface area contributed by atoms with Gasteiger partial charge in [0.2, 0.25) is 12.7 Å². The fourth-order valence-corrected chi connectivity index (χ4v) is 2.36. The second-order valence-electron chi connectivity index (χ2n) is 6.06. The highest BCUT2D eigenvalue weighted by Gasteiger charge is 2.12. The van der Waals surface area contributed by atoms with Gasteiger partial charge in [-0.3, -0.25) is 4.79 Å². The third-order valence-electron chi connectivity index (χ3n) is 3.81. The van der Waals surface area contributed by atoms with Gasteiger partial charge in [0.1, 0.15) is 0 Å². The first-order valence-electron chi connectivity index (χ1n) is 8.08. The second kappa shape index (κ2) is 7.21. The SMILES string of the molecule is CC(C)C(=O)Nc1ccc(C/C=C/c2ccc3c(c2)OCO3)cc1. The average Bonchev–Trinajstić information content (AvgIpc) is 3.04.